The molecule has 0 spiro atoms. The predicted octanol–water partition coefficient (Wildman–Crippen LogP) is 3.63. The van der Waals surface area contributed by atoms with Gasteiger partial charge in [0.1, 0.15) is 0 Å². The van der Waals surface area contributed by atoms with E-state index in [1.54, 1.807) is 0 Å². The van der Waals surface area contributed by atoms with Crippen molar-refractivity contribution < 1.29 is 0 Å². The molecular formula is C14H16BrN3. The molecule has 0 aromatic heterocycles. The van der Waals surface area contributed by atoms with Crippen molar-refractivity contribution in [1.29, 1.82) is 0 Å². The fourth-order valence-corrected chi connectivity index (χ4v) is 2.73. The molecule has 0 saturated heterocycles. The van der Waals surface area contributed by atoms with Gasteiger partial charge in [-0.3, -0.25) is 0 Å². The Morgan fingerprint density at radius 3 is 2.28 bits per heavy atom. The first kappa shape index (κ1) is 12.8. The van der Waals surface area contributed by atoms with Gasteiger partial charge in [-0.25, -0.2) is 0 Å². The Morgan fingerprint density at radius 1 is 1.11 bits per heavy atom. The van der Waals surface area contributed by atoms with Gasteiger partial charge in [-0.1, -0.05) is 12.1 Å². The summed E-state index contributed by atoms with van der Waals surface area (Å²) in [5.74, 6) is 0. The van der Waals surface area contributed by atoms with Crippen molar-refractivity contribution in [1.82, 2.24) is 0 Å². The van der Waals surface area contributed by atoms with Crippen LogP contribution in [-0.4, -0.2) is 7.05 Å². The molecular weight excluding hydrogens is 290 g/mol. The second-order valence-electron chi connectivity index (χ2n) is 4.19. The van der Waals surface area contributed by atoms with Crippen LogP contribution in [-0.2, 0) is 0 Å². The SMILES string of the molecule is CNc1c(Br)cc(-c2ccc(N)cc2)c(N)c1C. The van der Waals surface area contributed by atoms with Gasteiger partial charge in [0.15, 0.2) is 0 Å². The van der Waals surface area contributed by atoms with Crippen LogP contribution in [0.3, 0.4) is 0 Å². The van der Waals surface area contributed by atoms with E-state index in [1.807, 2.05) is 44.3 Å². The number of nitrogen functional groups attached to an aromatic ring is 2. The Balaban J connectivity index is 2.62. The summed E-state index contributed by atoms with van der Waals surface area (Å²) in [5.41, 5.74) is 17.6. The molecule has 0 amide bonds. The zero-order valence-corrected chi connectivity index (χ0v) is 12.0. The number of hydrogen-bond donors (Lipinski definition) is 3. The van der Waals surface area contributed by atoms with Crippen LogP contribution in [0, 0.1) is 6.92 Å². The first-order chi connectivity index (χ1) is 8.54. The molecule has 0 aliphatic rings. The molecule has 0 fully saturated rings. The van der Waals surface area contributed by atoms with Gasteiger partial charge in [-0.05, 0) is 52.2 Å². The summed E-state index contributed by atoms with van der Waals surface area (Å²) < 4.78 is 1.00. The molecule has 0 bridgehead atoms. The van der Waals surface area contributed by atoms with E-state index in [0.29, 0.717) is 0 Å². The van der Waals surface area contributed by atoms with Crippen molar-refractivity contribution in [2.75, 3.05) is 23.8 Å². The molecule has 0 unspecified atom stereocenters. The van der Waals surface area contributed by atoms with Gasteiger partial charge in [-0.15, -0.1) is 0 Å². The van der Waals surface area contributed by atoms with E-state index >= 15 is 0 Å². The lowest BCUT2D eigenvalue weighted by molar-refractivity contribution is 1.39. The average molecular weight is 306 g/mol. The van der Waals surface area contributed by atoms with E-state index in [9.17, 15) is 0 Å². The Kier molecular flexibility index (Phi) is 3.48. The third-order valence-electron chi connectivity index (χ3n) is 3.05. The first-order valence-corrected chi connectivity index (χ1v) is 6.46. The Labute approximate surface area is 115 Å². The fraction of sp³-hybridized carbons (Fsp3) is 0.143. The Bertz CT molecular complexity index is 577. The molecule has 2 aromatic carbocycles. The number of halogens is 1. The minimum absolute atomic E-state index is 0.750. The van der Waals surface area contributed by atoms with E-state index in [0.717, 1.165) is 38.2 Å². The molecule has 0 radical (unpaired) electrons. The van der Waals surface area contributed by atoms with Crippen LogP contribution in [0.15, 0.2) is 34.8 Å². The lowest BCUT2D eigenvalue weighted by atomic mass is 9.99. The van der Waals surface area contributed by atoms with Gasteiger partial charge >= 0.3 is 0 Å². The van der Waals surface area contributed by atoms with Crippen molar-refractivity contribution in [3.63, 3.8) is 0 Å². The molecule has 0 heterocycles. The maximum atomic E-state index is 6.21. The fourth-order valence-electron chi connectivity index (χ4n) is 2.00. The van der Waals surface area contributed by atoms with Crippen LogP contribution >= 0.6 is 15.9 Å². The predicted molar refractivity (Wildman–Crippen MR) is 82.7 cm³/mol. The van der Waals surface area contributed by atoms with Gasteiger partial charge in [0.2, 0.25) is 0 Å². The molecule has 3 nitrogen and oxygen atoms in total. The number of rotatable bonds is 2. The normalized spacial score (nSPS) is 10.4. The topological polar surface area (TPSA) is 64.1 Å². The standard InChI is InChI=1S/C14H16BrN3/c1-8-13(17)11(7-12(15)14(8)18-2)9-3-5-10(16)6-4-9/h3-7,18H,16-17H2,1-2H3. The molecule has 0 saturated carbocycles. The molecule has 18 heavy (non-hydrogen) atoms. The van der Waals surface area contributed by atoms with E-state index in [4.69, 9.17) is 11.5 Å². The van der Waals surface area contributed by atoms with Crippen LogP contribution in [0.4, 0.5) is 17.1 Å². The molecule has 94 valence electrons. The van der Waals surface area contributed by atoms with E-state index < -0.39 is 0 Å². The first-order valence-electron chi connectivity index (χ1n) is 5.67. The van der Waals surface area contributed by atoms with E-state index in [2.05, 4.69) is 21.2 Å². The summed E-state index contributed by atoms with van der Waals surface area (Å²) >= 11 is 3.56. The van der Waals surface area contributed by atoms with Crippen molar-refractivity contribution in [2.45, 2.75) is 6.92 Å². The molecule has 5 N–H and O–H groups in total. The van der Waals surface area contributed by atoms with Crippen molar-refractivity contribution in [2.24, 2.45) is 0 Å². The smallest absolute Gasteiger partial charge is 0.0532 e. The third-order valence-corrected chi connectivity index (χ3v) is 3.68. The highest BCUT2D eigenvalue weighted by Gasteiger charge is 2.12. The summed E-state index contributed by atoms with van der Waals surface area (Å²) in [6.07, 6.45) is 0. The van der Waals surface area contributed by atoms with Crippen LogP contribution in [0.1, 0.15) is 5.56 Å². The maximum absolute atomic E-state index is 6.21. The number of benzene rings is 2. The largest absolute Gasteiger partial charge is 0.399 e. The molecule has 0 aliphatic carbocycles. The zero-order valence-electron chi connectivity index (χ0n) is 10.4. The monoisotopic (exact) mass is 305 g/mol. The third kappa shape index (κ3) is 2.16. The zero-order chi connectivity index (χ0) is 13.3. The molecule has 4 heteroatoms. The van der Waals surface area contributed by atoms with Gasteiger partial charge in [0.05, 0.1) is 5.69 Å². The highest BCUT2D eigenvalue weighted by Crippen LogP contribution is 2.38. The number of anilines is 3. The number of nitrogens with one attached hydrogen (secondary N) is 1. The highest BCUT2D eigenvalue weighted by molar-refractivity contribution is 9.10. The van der Waals surface area contributed by atoms with Gasteiger partial charge in [0.25, 0.3) is 0 Å². The summed E-state index contributed by atoms with van der Waals surface area (Å²) in [4.78, 5) is 0. The van der Waals surface area contributed by atoms with E-state index in [1.165, 1.54) is 0 Å². The summed E-state index contributed by atoms with van der Waals surface area (Å²) in [6.45, 7) is 2.01. The van der Waals surface area contributed by atoms with Crippen LogP contribution in [0.25, 0.3) is 11.1 Å². The quantitative estimate of drug-likeness (QED) is 0.742. The van der Waals surface area contributed by atoms with Crippen LogP contribution in [0.2, 0.25) is 0 Å². The minimum Gasteiger partial charge on any atom is -0.399 e. The average Bonchev–Trinajstić information content (AvgIpc) is 2.36. The summed E-state index contributed by atoms with van der Waals surface area (Å²) in [7, 11) is 1.88. The van der Waals surface area contributed by atoms with Crippen molar-refractivity contribution in [3.8, 4) is 11.1 Å². The van der Waals surface area contributed by atoms with Gasteiger partial charge < -0.3 is 16.8 Å². The van der Waals surface area contributed by atoms with Crippen LogP contribution in [0.5, 0.6) is 0 Å². The Hall–Kier alpha value is -1.68. The lowest BCUT2D eigenvalue weighted by Crippen LogP contribution is -2.00. The second kappa shape index (κ2) is 4.90. The minimum atomic E-state index is 0.750. The molecule has 2 rings (SSSR count). The van der Waals surface area contributed by atoms with Crippen LogP contribution < -0.4 is 16.8 Å². The van der Waals surface area contributed by atoms with Gasteiger partial charge in [0, 0.05) is 28.5 Å². The summed E-state index contributed by atoms with van der Waals surface area (Å²) in [5, 5.41) is 3.15. The Morgan fingerprint density at radius 2 is 1.72 bits per heavy atom. The maximum Gasteiger partial charge on any atom is 0.0532 e. The van der Waals surface area contributed by atoms with Gasteiger partial charge in [-0.2, -0.15) is 0 Å². The second-order valence-corrected chi connectivity index (χ2v) is 5.05. The number of nitrogens with two attached hydrogens (primary N) is 2. The van der Waals surface area contributed by atoms with Crippen molar-refractivity contribution >= 4 is 33.0 Å². The number of hydrogen-bond acceptors (Lipinski definition) is 3. The lowest BCUT2D eigenvalue weighted by Gasteiger charge is -2.15. The van der Waals surface area contributed by atoms with Crippen molar-refractivity contribution in [3.05, 3.63) is 40.4 Å². The summed E-state index contributed by atoms with van der Waals surface area (Å²) in [6, 6.07) is 9.74. The molecule has 0 atom stereocenters. The molecule has 2 aromatic rings. The molecule has 0 aliphatic heterocycles. The highest BCUT2D eigenvalue weighted by atomic mass is 79.9. The van der Waals surface area contributed by atoms with E-state index in [-0.39, 0.29) is 0 Å².